The van der Waals surface area contributed by atoms with E-state index in [0.717, 1.165) is 5.69 Å². The highest BCUT2D eigenvalue weighted by Crippen LogP contribution is 2.63. The molecule has 0 bridgehead atoms. The Kier molecular flexibility index (Phi) is 7.55. The fourth-order valence-corrected chi connectivity index (χ4v) is 10.3. The van der Waals surface area contributed by atoms with E-state index in [0.29, 0.717) is 11.8 Å². The van der Waals surface area contributed by atoms with Crippen LogP contribution in [0.2, 0.25) is 0 Å². The number of rotatable bonds is 5. The second-order valence-electron chi connectivity index (χ2n) is 16.6. The van der Waals surface area contributed by atoms with Crippen molar-refractivity contribution in [2.75, 3.05) is 9.80 Å². The van der Waals surface area contributed by atoms with E-state index in [2.05, 4.69) is 215 Å². The van der Waals surface area contributed by atoms with E-state index < -0.39 is 5.41 Å². The minimum atomic E-state index is -0.412. The summed E-state index contributed by atoms with van der Waals surface area (Å²) in [5.74, 6) is 0.774. The van der Waals surface area contributed by atoms with Crippen LogP contribution in [0.5, 0.6) is 0 Å². The van der Waals surface area contributed by atoms with Crippen LogP contribution >= 0.6 is 0 Å². The molecule has 2 nitrogen and oxygen atoms in total. The number of hydrogen-bond acceptors (Lipinski definition) is 2. The Bertz CT molecular complexity index is 2490. The molecule has 0 fully saturated rings. The topological polar surface area (TPSA) is 6.48 Å². The van der Waals surface area contributed by atoms with Crippen LogP contribution in [0.4, 0.5) is 22.7 Å². The van der Waals surface area contributed by atoms with Gasteiger partial charge in [0.1, 0.15) is 6.04 Å². The summed E-state index contributed by atoms with van der Waals surface area (Å²) < 4.78 is 0. The van der Waals surface area contributed by atoms with E-state index in [9.17, 15) is 0 Å². The Labute approximate surface area is 326 Å². The van der Waals surface area contributed by atoms with E-state index in [4.69, 9.17) is 0 Å². The second kappa shape index (κ2) is 12.3. The Morgan fingerprint density at radius 3 is 1.36 bits per heavy atom. The maximum absolute atomic E-state index is 2.67. The number of hydrogen-bond donors (Lipinski definition) is 0. The highest BCUT2D eigenvalue weighted by Gasteiger charge is 2.52. The van der Waals surface area contributed by atoms with E-state index in [1.54, 1.807) is 0 Å². The zero-order valence-electron chi connectivity index (χ0n) is 32.6. The number of benzene rings is 7. The summed E-state index contributed by atoms with van der Waals surface area (Å²) in [6.07, 6.45) is 0. The SMILES string of the molecule is CC(C)c1cccc(C(C)C)c1N1[C](c2ccc(N3c4ccccc4C4(c5ccccc5-c5ccccc54)c4ccccc43)cc2)c2ccccc2C1(C)C. The van der Waals surface area contributed by atoms with E-state index >= 15 is 0 Å². The van der Waals surface area contributed by atoms with Crippen LogP contribution in [0.15, 0.2) is 164 Å². The smallest absolute Gasteiger partial charge is 0.124 e. The lowest BCUT2D eigenvalue weighted by Gasteiger charge is -2.45. The molecule has 1 spiro atoms. The summed E-state index contributed by atoms with van der Waals surface area (Å²) in [5, 5.41) is 0. The van der Waals surface area contributed by atoms with Gasteiger partial charge in [-0.3, -0.25) is 0 Å². The lowest BCUT2D eigenvalue weighted by molar-refractivity contribution is 0.529. The van der Waals surface area contributed by atoms with Crippen molar-refractivity contribution in [3.63, 3.8) is 0 Å². The predicted octanol–water partition coefficient (Wildman–Crippen LogP) is 13.8. The van der Waals surface area contributed by atoms with Gasteiger partial charge >= 0.3 is 0 Å². The molecule has 55 heavy (non-hydrogen) atoms. The molecule has 1 radical (unpaired) electrons. The van der Waals surface area contributed by atoms with Crippen LogP contribution in [0.25, 0.3) is 11.1 Å². The quantitative estimate of drug-likeness (QED) is 0.175. The number of nitrogens with zero attached hydrogens (tertiary/aromatic N) is 2. The molecule has 0 saturated heterocycles. The molecular formula is C53H47N2. The average molecular weight is 712 g/mol. The predicted molar refractivity (Wildman–Crippen MR) is 230 cm³/mol. The van der Waals surface area contributed by atoms with E-state index in [1.165, 1.54) is 84.3 Å². The van der Waals surface area contributed by atoms with Crippen molar-refractivity contribution in [1.29, 1.82) is 0 Å². The third-order valence-electron chi connectivity index (χ3n) is 12.6. The summed E-state index contributed by atoms with van der Waals surface area (Å²) in [6.45, 7) is 14.1. The average Bonchev–Trinajstić information content (AvgIpc) is 3.64. The van der Waals surface area contributed by atoms with Gasteiger partial charge in [0.05, 0.1) is 22.3 Å². The van der Waals surface area contributed by atoms with Gasteiger partial charge in [0.25, 0.3) is 0 Å². The van der Waals surface area contributed by atoms with Crippen molar-refractivity contribution in [3.8, 4) is 11.1 Å². The second-order valence-corrected chi connectivity index (χ2v) is 16.6. The van der Waals surface area contributed by atoms with Gasteiger partial charge in [0.2, 0.25) is 0 Å². The summed E-state index contributed by atoms with van der Waals surface area (Å²) in [4.78, 5) is 5.16. The van der Waals surface area contributed by atoms with Gasteiger partial charge in [-0.25, -0.2) is 0 Å². The van der Waals surface area contributed by atoms with Crippen molar-refractivity contribution in [2.24, 2.45) is 0 Å². The van der Waals surface area contributed by atoms with Crippen molar-refractivity contribution in [1.82, 2.24) is 0 Å². The Morgan fingerprint density at radius 2 is 0.855 bits per heavy atom. The zero-order chi connectivity index (χ0) is 37.6. The first-order valence-corrected chi connectivity index (χ1v) is 19.9. The highest BCUT2D eigenvalue weighted by molar-refractivity contribution is 5.95. The summed E-state index contributed by atoms with van der Waals surface area (Å²) in [5.41, 5.74) is 19.0. The highest BCUT2D eigenvalue weighted by atomic mass is 15.3. The van der Waals surface area contributed by atoms with Gasteiger partial charge in [-0.1, -0.05) is 167 Å². The fraction of sp³-hybridized carbons (Fsp3) is 0.189. The molecule has 1 aliphatic carbocycles. The largest absolute Gasteiger partial charge is 0.345 e. The first kappa shape index (κ1) is 33.7. The number of anilines is 4. The maximum atomic E-state index is 2.67. The molecule has 0 saturated carbocycles. The van der Waals surface area contributed by atoms with Crippen LogP contribution in [-0.2, 0) is 11.0 Å². The van der Waals surface area contributed by atoms with Crippen LogP contribution in [-0.4, -0.2) is 0 Å². The number of para-hydroxylation sites is 3. The molecule has 269 valence electrons. The molecule has 0 unspecified atom stereocenters. The van der Waals surface area contributed by atoms with E-state index in [-0.39, 0.29) is 5.54 Å². The van der Waals surface area contributed by atoms with Gasteiger partial charge in [-0.2, -0.15) is 0 Å². The molecule has 0 atom stereocenters. The first-order valence-electron chi connectivity index (χ1n) is 19.9. The standard InChI is InChI=1S/C53H47N2/c1-34(2)38-21-17-22-39(35(3)4)51(38)55-50(42-20-9-10-23-43(42)52(55,5)6)36-30-32-37(33-31-36)54-48-28-15-13-26-46(48)53(47-27-14-16-29-49(47)54)44-24-11-7-18-40(44)41-19-8-12-25-45(41)53/h7-35H,1-6H3. The summed E-state index contributed by atoms with van der Waals surface area (Å²) >= 11 is 0. The maximum Gasteiger partial charge on any atom is 0.124 e. The summed E-state index contributed by atoms with van der Waals surface area (Å²) in [7, 11) is 0. The molecule has 3 aliphatic rings. The van der Waals surface area contributed by atoms with Crippen molar-refractivity contribution in [3.05, 3.63) is 220 Å². The van der Waals surface area contributed by atoms with Crippen LogP contribution in [0.1, 0.15) is 103 Å². The van der Waals surface area contributed by atoms with Gasteiger partial charge in [0, 0.05) is 11.4 Å². The Hall–Kier alpha value is -5.86. The zero-order valence-corrected chi connectivity index (χ0v) is 32.6. The molecule has 0 N–H and O–H groups in total. The van der Waals surface area contributed by atoms with E-state index in [1.807, 2.05) is 0 Å². The van der Waals surface area contributed by atoms with Crippen molar-refractivity contribution >= 4 is 22.7 Å². The minimum Gasteiger partial charge on any atom is -0.345 e. The molecule has 7 aromatic carbocycles. The Balaban J connectivity index is 1.15. The summed E-state index contributed by atoms with van der Waals surface area (Å²) in [6, 6.07) is 62.8. The molecule has 2 heterocycles. The molecule has 10 rings (SSSR count). The Morgan fingerprint density at radius 1 is 0.418 bits per heavy atom. The molecule has 0 amide bonds. The van der Waals surface area contributed by atoms with Crippen molar-refractivity contribution < 1.29 is 0 Å². The first-order chi connectivity index (χ1) is 26.7. The third kappa shape index (κ3) is 4.61. The van der Waals surface area contributed by atoms with Crippen LogP contribution in [0.3, 0.4) is 0 Å². The van der Waals surface area contributed by atoms with Crippen LogP contribution < -0.4 is 9.80 Å². The molecule has 7 aromatic rings. The third-order valence-corrected chi connectivity index (χ3v) is 12.6. The normalized spacial score (nSPS) is 15.9. The molecule has 0 aromatic heterocycles. The molecular weight excluding hydrogens is 665 g/mol. The molecule has 2 aliphatic heterocycles. The number of fused-ring (bicyclic) bond motifs is 10. The van der Waals surface area contributed by atoms with Gasteiger partial charge in [-0.05, 0) is 111 Å². The minimum absolute atomic E-state index is 0.244. The lowest BCUT2D eigenvalue weighted by atomic mass is 9.64. The van der Waals surface area contributed by atoms with Crippen molar-refractivity contribution in [2.45, 2.75) is 64.3 Å². The van der Waals surface area contributed by atoms with Gasteiger partial charge in [0.15, 0.2) is 0 Å². The fourth-order valence-electron chi connectivity index (χ4n) is 10.3. The van der Waals surface area contributed by atoms with Gasteiger partial charge < -0.3 is 9.80 Å². The monoisotopic (exact) mass is 711 g/mol. The van der Waals surface area contributed by atoms with Crippen LogP contribution in [0, 0.1) is 6.04 Å². The lowest BCUT2D eigenvalue weighted by Crippen LogP contribution is -2.40. The molecule has 2 heteroatoms. The van der Waals surface area contributed by atoms with Gasteiger partial charge in [-0.15, -0.1) is 0 Å².